The summed E-state index contributed by atoms with van der Waals surface area (Å²) in [5.74, 6) is 0.678. The Hall–Kier alpha value is -0.370. The summed E-state index contributed by atoms with van der Waals surface area (Å²) in [6.45, 7) is 10.8. The van der Waals surface area contributed by atoms with E-state index in [0.717, 1.165) is 19.5 Å². The normalized spacial score (nSPS) is 25.4. The molecule has 0 amide bonds. The first kappa shape index (κ1) is 11.7. The van der Waals surface area contributed by atoms with Gasteiger partial charge < -0.3 is 0 Å². The van der Waals surface area contributed by atoms with Crippen LogP contribution in [0.1, 0.15) is 47.0 Å². The van der Waals surface area contributed by atoms with E-state index in [2.05, 4.69) is 32.6 Å². The molecule has 0 bridgehead atoms. The molecule has 0 saturated carbocycles. The van der Waals surface area contributed by atoms with E-state index in [0.29, 0.717) is 11.3 Å². The van der Waals surface area contributed by atoms with E-state index in [1.165, 1.54) is 12.8 Å². The molecule has 1 fully saturated rings. The lowest BCUT2D eigenvalue weighted by Gasteiger charge is -2.44. The summed E-state index contributed by atoms with van der Waals surface area (Å²) in [6, 6.07) is 0. The number of hydrogen-bond donors (Lipinski definition) is 0. The van der Waals surface area contributed by atoms with Crippen LogP contribution in [0, 0.1) is 5.92 Å². The highest BCUT2D eigenvalue weighted by molar-refractivity contribution is 5.81. The van der Waals surface area contributed by atoms with Crippen molar-refractivity contribution in [2.45, 2.75) is 52.5 Å². The molecule has 14 heavy (non-hydrogen) atoms. The van der Waals surface area contributed by atoms with E-state index in [-0.39, 0.29) is 5.92 Å². The van der Waals surface area contributed by atoms with Crippen LogP contribution in [0.5, 0.6) is 0 Å². The van der Waals surface area contributed by atoms with E-state index in [1.807, 2.05) is 0 Å². The minimum Gasteiger partial charge on any atom is -0.299 e. The molecule has 2 nitrogen and oxygen atoms in total. The van der Waals surface area contributed by atoms with Gasteiger partial charge in [-0.25, -0.2) is 0 Å². The van der Waals surface area contributed by atoms with Crippen molar-refractivity contribution in [2.75, 3.05) is 13.1 Å². The van der Waals surface area contributed by atoms with Crippen molar-refractivity contribution in [1.82, 2.24) is 4.90 Å². The monoisotopic (exact) mass is 197 g/mol. The van der Waals surface area contributed by atoms with Gasteiger partial charge in [0, 0.05) is 31.0 Å². The van der Waals surface area contributed by atoms with Gasteiger partial charge in [0.05, 0.1) is 0 Å². The highest BCUT2D eigenvalue weighted by Gasteiger charge is 2.33. The fourth-order valence-corrected chi connectivity index (χ4v) is 2.20. The molecule has 1 unspecified atom stereocenters. The third-order valence-electron chi connectivity index (χ3n) is 3.96. The molecule has 0 radical (unpaired) electrons. The molecule has 2 heteroatoms. The lowest BCUT2D eigenvalue weighted by atomic mass is 9.88. The molecule has 0 aliphatic carbocycles. The Morgan fingerprint density at radius 3 is 2.43 bits per heavy atom. The number of piperidine rings is 1. The minimum absolute atomic E-state index is 0.237. The predicted molar refractivity (Wildman–Crippen MR) is 59.3 cm³/mol. The topological polar surface area (TPSA) is 20.3 Å². The zero-order chi connectivity index (χ0) is 10.8. The van der Waals surface area contributed by atoms with Gasteiger partial charge in [-0.15, -0.1) is 0 Å². The third kappa shape index (κ3) is 2.17. The second kappa shape index (κ2) is 4.43. The number of carbonyl (C=O) groups excluding carboxylic acids is 1. The fourth-order valence-electron chi connectivity index (χ4n) is 2.20. The van der Waals surface area contributed by atoms with E-state index >= 15 is 0 Å². The Morgan fingerprint density at radius 2 is 2.00 bits per heavy atom. The lowest BCUT2D eigenvalue weighted by Crippen LogP contribution is -2.52. The number of rotatable bonds is 3. The molecule has 0 aromatic heterocycles. The largest absolute Gasteiger partial charge is 0.299 e. The molecule has 1 aliphatic heterocycles. The second-order valence-corrected chi connectivity index (χ2v) is 4.77. The van der Waals surface area contributed by atoms with Gasteiger partial charge in [0.1, 0.15) is 5.78 Å². The molecule has 82 valence electrons. The summed E-state index contributed by atoms with van der Waals surface area (Å²) in [7, 11) is 0. The van der Waals surface area contributed by atoms with Gasteiger partial charge >= 0.3 is 0 Å². The Morgan fingerprint density at radius 1 is 1.43 bits per heavy atom. The van der Waals surface area contributed by atoms with Crippen molar-refractivity contribution in [3.8, 4) is 0 Å². The number of likely N-dealkylation sites (tertiary alicyclic amines) is 1. The van der Waals surface area contributed by atoms with Crippen LogP contribution in [0.2, 0.25) is 0 Å². The van der Waals surface area contributed by atoms with E-state index < -0.39 is 0 Å². The molecule has 0 aromatic carbocycles. The fraction of sp³-hybridized carbons (Fsp3) is 0.917. The number of Topliss-reactive ketones (excluding diaryl/α,β-unsaturated/α-hetero) is 1. The first-order valence-corrected chi connectivity index (χ1v) is 5.81. The highest BCUT2D eigenvalue weighted by atomic mass is 16.1. The number of carbonyl (C=O) groups is 1. The average Bonchev–Trinajstić information content (AvgIpc) is 2.21. The highest BCUT2D eigenvalue weighted by Crippen LogP contribution is 2.27. The molecule has 0 aromatic rings. The summed E-state index contributed by atoms with van der Waals surface area (Å²) in [5.41, 5.74) is 0.301. The van der Waals surface area contributed by atoms with Crippen molar-refractivity contribution in [2.24, 2.45) is 5.92 Å². The Balaban J connectivity index is 2.65. The quantitative estimate of drug-likeness (QED) is 0.692. The van der Waals surface area contributed by atoms with E-state index in [1.54, 1.807) is 0 Å². The first-order valence-electron chi connectivity index (χ1n) is 5.81. The molecule has 1 saturated heterocycles. The zero-order valence-electron chi connectivity index (χ0n) is 9.97. The van der Waals surface area contributed by atoms with Gasteiger partial charge in [-0.1, -0.05) is 20.8 Å². The van der Waals surface area contributed by atoms with Crippen molar-refractivity contribution in [3.63, 3.8) is 0 Å². The van der Waals surface area contributed by atoms with Crippen LogP contribution in [0.3, 0.4) is 0 Å². The zero-order valence-corrected chi connectivity index (χ0v) is 9.97. The molecule has 1 heterocycles. The van der Waals surface area contributed by atoms with Crippen LogP contribution in [-0.2, 0) is 4.79 Å². The lowest BCUT2D eigenvalue weighted by molar-refractivity contribution is -0.127. The SMILES string of the molecule is CCC(C)(CC)N1CCC(=O)C(C)C1. The van der Waals surface area contributed by atoms with Gasteiger partial charge in [0.15, 0.2) is 0 Å². The van der Waals surface area contributed by atoms with Crippen LogP contribution in [0.15, 0.2) is 0 Å². The number of nitrogens with zero attached hydrogens (tertiary/aromatic N) is 1. The average molecular weight is 197 g/mol. The van der Waals surface area contributed by atoms with Crippen LogP contribution in [0.25, 0.3) is 0 Å². The maximum absolute atomic E-state index is 11.4. The summed E-state index contributed by atoms with van der Waals surface area (Å²) in [6.07, 6.45) is 3.09. The van der Waals surface area contributed by atoms with Crippen LogP contribution in [-0.4, -0.2) is 29.3 Å². The molecule has 0 spiro atoms. The summed E-state index contributed by atoms with van der Waals surface area (Å²) in [5, 5.41) is 0. The van der Waals surface area contributed by atoms with E-state index in [9.17, 15) is 4.79 Å². The van der Waals surface area contributed by atoms with Gasteiger partial charge in [0.2, 0.25) is 0 Å². The Kier molecular flexibility index (Phi) is 3.71. The smallest absolute Gasteiger partial charge is 0.138 e. The van der Waals surface area contributed by atoms with Gasteiger partial charge in [-0.3, -0.25) is 9.69 Å². The summed E-state index contributed by atoms with van der Waals surface area (Å²) >= 11 is 0. The minimum atomic E-state index is 0.237. The van der Waals surface area contributed by atoms with Gasteiger partial charge in [-0.05, 0) is 19.8 Å². The predicted octanol–water partition coefficient (Wildman–Crippen LogP) is 2.48. The number of ketones is 1. The van der Waals surface area contributed by atoms with Gasteiger partial charge in [0.25, 0.3) is 0 Å². The third-order valence-corrected chi connectivity index (χ3v) is 3.96. The Labute approximate surface area is 87.7 Å². The van der Waals surface area contributed by atoms with Crippen molar-refractivity contribution in [3.05, 3.63) is 0 Å². The molecule has 1 atom stereocenters. The standard InChI is InChI=1S/C12H23NO/c1-5-12(4,6-2)13-8-7-11(14)10(3)9-13/h10H,5-9H2,1-4H3. The van der Waals surface area contributed by atoms with Crippen molar-refractivity contribution < 1.29 is 4.79 Å². The van der Waals surface area contributed by atoms with Crippen LogP contribution >= 0.6 is 0 Å². The maximum atomic E-state index is 11.4. The Bertz CT molecular complexity index is 208. The molecular weight excluding hydrogens is 174 g/mol. The van der Waals surface area contributed by atoms with Crippen molar-refractivity contribution in [1.29, 1.82) is 0 Å². The maximum Gasteiger partial charge on any atom is 0.138 e. The van der Waals surface area contributed by atoms with E-state index in [4.69, 9.17) is 0 Å². The molecular formula is C12H23NO. The first-order chi connectivity index (χ1) is 6.53. The van der Waals surface area contributed by atoms with Crippen molar-refractivity contribution >= 4 is 5.78 Å². The summed E-state index contributed by atoms with van der Waals surface area (Å²) < 4.78 is 0. The molecule has 1 rings (SSSR count). The van der Waals surface area contributed by atoms with Crippen LogP contribution < -0.4 is 0 Å². The second-order valence-electron chi connectivity index (χ2n) is 4.77. The van der Waals surface area contributed by atoms with Gasteiger partial charge in [-0.2, -0.15) is 0 Å². The summed E-state index contributed by atoms with van der Waals surface area (Å²) in [4.78, 5) is 13.9. The molecule has 0 N–H and O–H groups in total. The molecule has 1 aliphatic rings. The van der Waals surface area contributed by atoms with Crippen LogP contribution in [0.4, 0.5) is 0 Å². The number of hydrogen-bond acceptors (Lipinski definition) is 2.